The average molecular weight is 229 g/mol. The van der Waals surface area contributed by atoms with Crippen LogP contribution in [0.1, 0.15) is 16.1 Å². The van der Waals surface area contributed by atoms with Gasteiger partial charge in [-0.25, -0.2) is 4.79 Å². The van der Waals surface area contributed by atoms with E-state index >= 15 is 0 Å². The molecule has 1 aliphatic heterocycles. The zero-order chi connectivity index (χ0) is 12.0. The second-order valence-electron chi connectivity index (χ2n) is 4.05. The Bertz CT molecular complexity index is 613. The summed E-state index contributed by atoms with van der Waals surface area (Å²) < 4.78 is 7.30. The van der Waals surface area contributed by atoms with Gasteiger partial charge in [0.15, 0.2) is 0 Å². The molecule has 17 heavy (non-hydrogen) atoms. The van der Waals surface area contributed by atoms with Gasteiger partial charge in [-0.1, -0.05) is 12.1 Å². The molecule has 0 fully saturated rings. The summed E-state index contributed by atoms with van der Waals surface area (Å²) in [5, 5.41) is 9.10. The van der Waals surface area contributed by atoms with Crippen molar-refractivity contribution in [3.63, 3.8) is 0 Å². The number of hydrogen-bond acceptors (Lipinski definition) is 2. The van der Waals surface area contributed by atoms with E-state index in [1.54, 1.807) is 17.7 Å². The van der Waals surface area contributed by atoms with Gasteiger partial charge in [0.2, 0.25) is 0 Å². The molecular formula is C13H11NO3. The van der Waals surface area contributed by atoms with Crippen LogP contribution < -0.4 is 4.74 Å². The third-order valence-electron chi connectivity index (χ3n) is 3.06. The van der Waals surface area contributed by atoms with E-state index in [-0.39, 0.29) is 5.69 Å². The highest BCUT2D eigenvalue weighted by molar-refractivity contribution is 5.89. The van der Waals surface area contributed by atoms with E-state index in [4.69, 9.17) is 9.84 Å². The molecule has 86 valence electrons. The van der Waals surface area contributed by atoms with Crippen molar-refractivity contribution in [2.45, 2.75) is 6.61 Å². The number of aromatic carboxylic acids is 1. The number of fused-ring (bicyclic) bond motifs is 3. The third-order valence-corrected chi connectivity index (χ3v) is 3.06. The number of para-hydroxylation sites is 1. The molecule has 0 saturated carbocycles. The molecule has 4 nitrogen and oxygen atoms in total. The number of rotatable bonds is 1. The maximum Gasteiger partial charge on any atom is 0.352 e. The van der Waals surface area contributed by atoms with Gasteiger partial charge in [-0.15, -0.1) is 0 Å². The van der Waals surface area contributed by atoms with Crippen molar-refractivity contribution in [2.75, 3.05) is 0 Å². The molecule has 0 unspecified atom stereocenters. The maximum absolute atomic E-state index is 11.1. The van der Waals surface area contributed by atoms with Crippen LogP contribution >= 0.6 is 0 Å². The monoisotopic (exact) mass is 229 g/mol. The molecule has 1 aromatic heterocycles. The van der Waals surface area contributed by atoms with Crippen molar-refractivity contribution in [1.29, 1.82) is 0 Å². The van der Waals surface area contributed by atoms with Crippen molar-refractivity contribution in [3.05, 3.63) is 41.6 Å². The number of carboxylic acid groups (broad SMARTS) is 1. The lowest BCUT2D eigenvalue weighted by atomic mass is 10.0. The smallest absolute Gasteiger partial charge is 0.352 e. The van der Waals surface area contributed by atoms with Crippen LogP contribution in [-0.4, -0.2) is 15.6 Å². The van der Waals surface area contributed by atoms with Crippen LogP contribution in [0.5, 0.6) is 5.75 Å². The fourth-order valence-electron chi connectivity index (χ4n) is 2.28. The largest absolute Gasteiger partial charge is 0.488 e. The van der Waals surface area contributed by atoms with Gasteiger partial charge in [0.05, 0.1) is 5.69 Å². The molecule has 0 bridgehead atoms. The minimum Gasteiger partial charge on any atom is -0.488 e. The quantitative estimate of drug-likeness (QED) is 0.816. The molecule has 0 amide bonds. The Hall–Kier alpha value is -2.23. The predicted molar refractivity (Wildman–Crippen MR) is 62.1 cm³/mol. The van der Waals surface area contributed by atoms with E-state index in [2.05, 4.69) is 0 Å². The molecule has 0 aliphatic carbocycles. The Morgan fingerprint density at radius 1 is 1.41 bits per heavy atom. The van der Waals surface area contributed by atoms with Crippen LogP contribution in [0.2, 0.25) is 0 Å². The number of aromatic nitrogens is 1. The van der Waals surface area contributed by atoms with Gasteiger partial charge in [0.25, 0.3) is 0 Å². The molecule has 0 atom stereocenters. The van der Waals surface area contributed by atoms with E-state index < -0.39 is 5.97 Å². The third kappa shape index (κ3) is 1.34. The van der Waals surface area contributed by atoms with E-state index in [9.17, 15) is 4.79 Å². The number of ether oxygens (including phenoxy) is 1. The fourth-order valence-corrected chi connectivity index (χ4v) is 2.28. The summed E-state index contributed by atoms with van der Waals surface area (Å²) in [4.78, 5) is 11.1. The minimum absolute atomic E-state index is 0.287. The highest BCUT2D eigenvalue weighted by atomic mass is 16.5. The fraction of sp³-hybridized carbons (Fsp3) is 0.154. The summed E-state index contributed by atoms with van der Waals surface area (Å²) in [5.41, 5.74) is 3.09. The average Bonchev–Trinajstić information content (AvgIpc) is 2.67. The van der Waals surface area contributed by atoms with Gasteiger partial charge < -0.3 is 14.4 Å². The van der Waals surface area contributed by atoms with Crippen LogP contribution in [0, 0.1) is 0 Å². The molecule has 2 aromatic rings. The standard InChI is InChI=1S/C13H11NO3/c1-14-10(13(15)16)6-8-7-17-11-5-3-2-4-9(11)12(8)14/h2-6H,7H2,1H3,(H,15,16). The Morgan fingerprint density at radius 2 is 2.18 bits per heavy atom. The normalized spacial score (nSPS) is 12.5. The lowest BCUT2D eigenvalue weighted by molar-refractivity contribution is 0.0686. The van der Waals surface area contributed by atoms with E-state index in [1.807, 2.05) is 24.3 Å². The van der Waals surface area contributed by atoms with Crippen LogP contribution in [0.4, 0.5) is 0 Å². The molecule has 1 N–H and O–H groups in total. The van der Waals surface area contributed by atoms with Crippen molar-refractivity contribution < 1.29 is 14.6 Å². The second kappa shape index (κ2) is 3.38. The number of benzene rings is 1. The number of carbonyl (C=O) groups is 1. The van der Waals surface area contributed by atoms with Gasteiger partial charge in [-0.05, 0) is 18.2 Å². The van der Waals surface area contributed by atoms with Gasteiger partial charge in [-0.2, -0.15) is 0 Å². The molecule has 1 aliphatic rings. The maximum atomic E-state index is 11.1. The summed E-state index contributed by atoms with van der Waals surface area (Å²) >= 11 is 0. The molecule has 1 aromatic carbocycles. The van der Waals surface area contributed by atoms with Crippen molar-refractivity contribution in [3.8, 4) is 17.0 Å². The topological polar surface area (TPSA) is 51.5 Å². The zero-order valence-electron chi connectivity index (χ0n) is 9.30. The summed E-state index contributed by atoms with van der Waals surface area (Å²) in [6.45, 7) is 0.424. The van der Waals surface area contributed by atoms with Crippen molar-refractivity contribution in [1.82, 2.24) is 4.57 Å². The number of nitrogens with zero attached hydrogens (tertiary/aromatic N) is 1. The van der Waals surface area contributed by atoms with Crippen LogP contribution in [0.3, 0.4) is 0 Å². The van der Waals surface area contributed by atoms with E-state index in [1.165, 1.54) is 0 Å². The SMILES string of the molecule is Cn1c(C(=O)O)cc2c1-c1ccccc1OC2. The van der Waals surface area contributed by atoms with Crippen molar-refractivity contribution in [2.24, 2.45) is 7.05 Å². The lowest BCUT2D eigenvalue weighted by Gasteiger charge is -2.19. The van der Waals surface area contributed by atoms with Crippen LogP contribution in [0.25, 0.3) is 11.3 Å². The van der Waals surface area contributed by atoms with Crippen LogP contribution in [-0.2, 0) is 13.7 Å². The van der Waals surface area contributed by atoms with Gasteiger partial charge in [0, 0.05) is 18.2 Å². The number of hydrogen-bond donors (Lipinski definition) is 1. The molecule has 0 saturated heterocycles. The first kappa shape index (κ1) is 9.96. The molecule has 0 spiro atoms. The molecule has 3 rings (SSSR count). The summed E-state index contributed by atoms with van der Waals surface area (Å²) in [5.74, 6) is -0.113. The highest BCUT2D eigenvalue weighted by Gasteiger charge is 2.24. The summed E-state index contributed by atoms with van der Waals surface area (Å²) in [6.07, 6.45) is 0. The number of carboxylic acids is 1. The van der Waals surface area contributed by atoms with Gasteiger partial charge >= 0.3 is 5.97 Å². The van der Waals surface area contributed by atoms with Crippen LogP contribution in [0.15, 0.2) is 30.3 Å². The first-order chi connectivity index (χ1) is 8.18. The molecular weight excluding hydrogens is 218 g/mol. The van der Waals surface area contributed by atoms with Crippen molar-refractivity contribution >= 4 is 5.97 Å². The van der Waals surface area contributed by atoms with Gasteiger partial charge in [-0.3, -0.25) is 0 Å². The molecule has 0 radical (unpaired) electrons. The lowest BCUT2D eigenvalue weighted by Crippen LogP contribution is -2.08. The zero-order valence-corrected chi connectivity index (χ0v) is 9.30. The second-order valence-corrected chi connectivity index (χ2v) is 4.05. The summed E-state index contributed by atoms with van der Waals surface area (Å²) in [6, 6.07) is 9.34. The Labute approximate surface area is 98.1 Å². The minimum atomic E-state index is -0.917. The Balaban J connectivity index is 2.28. The first-order valence-electron chi connectivity index (χ1n) is 5.32. The molecule has 2 heterocycles. The first-order valence-corrected chi connectivity index (χ1v) is 5.32. The van der Waals surface area contributed by atoms with E-state index in [0.29, 0.717) is 6.61 Å². The van der Waals surface area contributed by atoms with Gasteiger partial charge in [0.1, 0.15) is 18.1 Å². The Morgan fingerprint density at radius 3 is 2.94 bits per heavy atom. The Kier molecular flexibility index (Phi) is 1.98. The predicted octanol–water partition coefficient (Wildman–Crippen LogP) is 2.28. The highest BCUT2D eigenvalue weighted by Crippen LogP contribution is 2.38. The summed E-state index contributed by atoms with van der Waals surface area (Å²) in [7, 11) is 1.77. The van der Waals surface area contributed by atoms with E-state index in [0.717, 1.165) is 22.6 Å². The molecule has 4 heteroatoms.